The molecule has 0 amide bonds. The van der Waals surface area contributed by atoms with Crippen LogP contribution in [-0.2, 0) is 9.59 Å². The normalized spacial score (nSPS) is 19.3. The standard InChI is InChI=1S/C22H18O4/c1-4-16(23)25-21-15-8-6-7-12(3)18(15)22(26-17(24)5-2)20-14-10-9-13(11-14)19(20)21/h4-10,13-14H,1-2,11H2,3H3. The first-order valence-electron chi connectivity index (χ1n) is 8.51. The number of hydrogen-bond acceptors (Lipinski definition) is 4. The Morgan fingerprint density at radius 1 is 1.00 bits per heavy atom. The molecule has 0 spiro atoms. The van der Waals surface area contributed by atoms with E-state index < -0.39 is 11.9 Å². The number of ether oxygens (including phenoxy) is 2. The number of aryl methyl sites for hydroxylation is 1. The van der Waals surface area contributed by atoms with Crippen LogP contribution < -0.4 is 9.47 Å². The number of fused-ring (bicyclic) bond motifs is 6. The highest BCUT2D eigenvalue weighted by molar-refractivity contribution is 6.02. The van der Waals surface area contributed by atoms with E-state index in [1.807, 2.05) is 25.1 Å². The summed E-state index contributed by atoms with van der Waals surface area (Å²) >= 11 is 0. The molecule has 2 aliphatic rings. The van der Waals surface area contributed by atoms with Crippen molar-refractivity contribution < 1.29 is 19.1 Å². The number of carbonyl (C=O) groups excluding carboxylic acids is 2. The summed E-state index contributed by atoms with van der Waals surface area (Å²) in [5.41, 5.74) is 2.80. The highest BCUT2D eigenvalue weighted by Crippen LogP contribution is 2.58. The molecule has 0 saturated heterocycles. The molecule has 4 rings (SSSR count). The van der Waals surface area contributed by atoms with Crippen molar-refractivity contribution in [3.8, 4) is 11.5 Å². The van der Waals surface area contributed by atoms with E-state index in [1.165, 1.54) is 0 Å². The van der Waals surface area contributed by atoms with Gasteiger partial charge in [0.15, 0.2) is 0 Å². The van der Waals surface area contributed by atoms with E-state index in [0.717, 1.165) is 46.0 Å². The summed E-state index contributed by atoms with van der Waals surface area (Å²) in [5.74, 6) is 0.380. The molecule has 2 bridgehead atoms. The largest absolute Gasteiger partial charge is 0.422 e. The summed E-state index contributed by atoms with van der Waals surface area (Å²) in [6, 6.07) is 5.73. The van der Waals surface area contributed by atoms with Crippen molar-refractivity contribution in [1.82, 2.24) is 0 Å². The maximum Gasteiger partial charge on any atom is 0.335 e. The molecule has 0 heterocycles. The Kier molecular flexibility index (Phi) is 3.76. The van der Waals surface area contributed by atoms with Crippen LogP contribution >= 0.6 is 0 Å². The quantitative estimate of drug-likeness (QED) is 0.355. The first-order valence-corrected chi connectivity index (χ1v) is 8.51. The van der Waals surface area contributed by atoms with Crippen LogP contribution in [0.3, 0.4) is 0 Å². The second-order valence-electron chi connectivity index (χ2n) is 6.57. The smallest absolute Gasteiger partial charge is 0.335 e. The van der Waals surface area contributed by atoms with Crippen molar-refractivity contribution in [1.29, 1.82) is 0 Å². The molecule has 0 aliphatic heterocycles. The van der Waals surface area contributed by atoms with Gasteiger partial charge in [0, 0.05) is 45.9 Å². The summed E-state index contributed by atoms with van der Waals surface area (Å²) in [6.07, 6.45) is 7.45. The molecule has 0 fully saturated rings. The molecule has 0 saturated carbocycles. The number of rotatable bonds is 4. The summed E-state index contributed by atoms with van der Waals surface area (Å²) in [6.45, 7) is 8.94. The van der Waals surface area contributed by atoms with Crippen LogP contribution in [0, 0.1) is 6.92 Å². The molecule has 2 unspecified atom stereocenters. The maximum atomic E-state index is 12.0. The first kappa shape index (κ1) is 16.3. The summed E-state index contributed by atoms with van der Waals surface area (Å²) in [7, 11) is 0. The van der Waals surface area contributed by atoms with E-state index in [-0.39, 0.29) is 11.8 Å². The lowest BCUT2D eigenvalue weighted by Gasteiger charge is -2.22. The predicted octanol–water partition coefficient (Wildman–Crippen LogP) is 4.47. The summed E-state index contributed by atoms with van der Waals surface area (Å²) in [5, 5.41) is 1.54. The highest BCUT2D eigenvalue weighted by Gasteiger charge is 2.40. The number of carbonyl (C=O) groups is 2. The van der Waals surface area contributed by atoms with Gasteiger partial charge in [-0.05, 0) is 18.9 Å². The first-order chi connectivity index (χ1) is 12.5. The van der Waals surface area contributed by atoms with Gasteiger partial charge >= 0.3 is 11.9 Å². The Balaban J connectivity index is 2.09. The zero-order valence-corrected chi connectivity index (χ0v) is 14.5. The third-order valence-electron chi connectivity index (χ3n) is 5.09. The Hall–Kier alpha value is -3.14. The third kappa shape index (κ3) is 2.30. The van der Waals surface area contributed by atoms with Gasteiger partial charge in [-0.1, -0.05) is 43.5 Å². The van der Waals surface area contributed by atoms with Crippen molar-refractivity contribution in [3.63, 3.8) is 0 Å². The van der Waals surface area contributed by atoms with Crippen LogP contribution in [-0.4, -0.2) is 11.9 Å². The maximum absolute atomic E-state index is 12.0. The zero-order chi connectivity index (χ0) is 18.4. The summed E-state index contributed by atoms with van der Waals surface area (Å²) in [4.78, 5) is 24.0. The SMILES string of the molecule is C=CC(=O)Oc1c2c(c(OC(=O)C=C)c3c(C)cccc13)C1C=CC2C1. The average molecular weight is 346 g/mol. The lowest BCUT2D eigenvalue weighted by Crippen LogP contribution is -2.12. The lowest BCUT2D eigenvalue weighted by atomic mass is 9.89. The van der Waals surface area contributed by atoms with E-state index in [4.69, 9.17) is 9.47 Å². The number of allylic oxidation sites excluding steroid dienone is 2. The topological polar surface area (TPSA) is 52.6 Å². The van der Waals surface area contributed by atoms with Gasteiger partial charge in [-0.2, -0.15) is 0 Å². The highest BCUT2D eigenvalue weighted by atomic mass is 16.5. The van der Waals surface area contributed by atoms with Crippen LogP contribution in [0.5, 0.6) is 11.5 Å². The number of esters is 2. The molecule has 4 nitrogen and oxygen atoms in total. The van der Waals surface area contributed by atoms with Gasteiger partial charge in [0.05, 0.1) is 0 Å². The van der Waals surface area contributed by atoms with E-state index in [0.29, 0.717) is 11.5 Å². The van der Waals surface area contributed by atoms with Crippen molar-refractivity contribution in [3.05, 3.63) is 72.4 Å². The predicted molar refractivity (Wildman–Crippen MR) is 99.6 cm³/mol. The van der Waals surface area contributed by atoms with Crippen LogP contribution in [0.25, 0.3) is 10.8 Å². The molecule has 2 aliphatic carbocycles. The molecule has 2 atom stereocenters. The summed E-state index contributed by atoms with van der Waals surface area (Å²) < 4.78 is 11.4. The van der Waals surface area contributed by atoms with Crippen molar-refractivity contribution in [2.75, 3.05) is 0 Å². The van der Waals surface area contributed by atoms with E-state index >= 15 is 0 Å². The minimum atomic E-state index is -0.502. The van der Waals surface area contributed by atoms with E-state index in [1.54, 1.807) is 0 Å². The second-order valence-corrected chi connectivity index (χ2v) is 6.57. The molecule has 0 aromatic heterocycles. The molecule has 0 radical (unpaired) electrons. The van der Waals surface area contributed by atoms with Crippen LogP contribution in [0.15, 0.2) is 55.7 Å². The Bertz CT molecular complexity index is 1010. The molecule has 2 aromatic carbocycles. The van der Waals surface area contributed by atoms with Crippen molar-refractivity contribution >= 4 is 22.7 Å². The van der Waals surface area contributed by atoms with Gasteiger partial charge in [-0.15, -0.1) is 0 Å². The Morgan fingerprint density at radius 3 is 2.19 bits per heavy atom. The van der Waals surface area contributed by atoms with Gasteiger partial charge < -0.3 is 9.47 Å². The fraction of sp³-hybridized carbons (Fsp3) is 0.182. The van der Waals surface area contributed by atoms with Crippen molar-refractivity contribution in [2.24, 2.45) is 0 Å². The average Bonchev–Trinajstić information content (AvgIpc) is 3.25. The van der Waals surface area contributed by atoms with Crippen LogP contribution in [0.4, 0.5) is 0 Å². The van der Waals surface area contributed by atoms with Crippen molar-refractivity contribution in [2.45, 2.75) is 25.2 Å². The van der Waals surface area contributed by atoms with Gasteiger partial charge in [0.2, 0.25) is 0 Å². The molecule has 0 N–H and O–H groups in total. The Labute approximate surface area is 151 Å². The minimum absolute atomic E-state index is 0.146. The molecular formula is C22H18O4. The van der Waals surface area contributed by atoms with E-state index in [9.17, 15) is 9.59 Å². The number of hydrogen-bond donors (Lipinski definition) is 0. The lowest BCUT2D eigenvalue weighted by molar-refractivity contribution is -0.130. The van der Waals surface area contributed by atoms with Crippen LogP contribution in [0.1, 0.15) is 34.9 Å². The third-order valence-corrected chi connectivity index (χ3v) is 5.09. The molecule has 26 heavy (non-hydrogen) atoms. The minimum Gasteiger partial charge on any atom is -0.422 e. The van der Waals surface area contributed by atoms with Gasteiger partial charge in [0.1, 0.15) is 11.5 Å². The number of benzene rings is 2. The van der Waals surface area contributed by atoms with Gasteiger partial charge in [-0.25, -0.2) is 9.59 Å². The zero-order valence-electron chi connectivity index (χ0n) is 14.5. The molecule has 2 aromatic rings. The second kappa shape index (κ2) is 5.99. The van der Waals surface area contributed by atoms with Gasteiger partial charge in [0.25, 0.3) is 0 Å². The Morgan fingerprint density at radius 2 is 1.58 bits per heavy atom. The fourth-order valence-electron chi connectivity index (χ4n) is 4.05. The van der Waals surface area contributed by atoms with Gasteiger partial charge in [-0.3, -0.25) is 0 Å². The fourth-order valence-corrected chi connectivity index (χ4v) is 4.05. The monoisotopic (exact) mass is 346 g/mol. The molecule has 130 valence electrons. The molecular weight excluding hydrogens is 328 g/mol. The van der Waals surface area contributed by atoms with E-state index in [2.05, 4.69) is 25.3 Å². The van der Waals surface area contributed by atoms with Crippen LogP contribution in [0.2, 0.25) is 0 Å². The molecule has 4 heteroatoms.